The van der Waals surface area contributed by atoms with Crippen LogP contribution in [0.25, 0.3) is 0 Å². The molecule has 0 bridgehead atoms. The smallest absolute Gasteiger partial charge is 0.312 e. The van der Waals surface area contributed by atoms with Crippen LogP contribution in [-0.4, -0.2) is 25.3 Å². The molecule has 120 valence electrons. The van der Waals surface area contributed by atoms with E-state index in [0.29, 0.717) is 29.0 Å². The fourth-order valence-corrected chi connectivity index (χ4v) is 3.03. The van der Waals surface area contributed by atoms with Gasteiger partial charge in [0.25, 0.3) is 0 Å². The molecule has 0 amide bonds. The molecule has 7 heteroatoms. The van der Waals surface area contributed by atoms with Crippen LogP contribution in [0.1, 0.15) is 19.4 Å². The highest BCUT2D eigenvalue weighted by Crippen LogP contribution is 2.39. The average molecular weight is 327 g/mol. The molecule has 0 aliphatic carbocycles. The Kier molecular flexibility index (Phi) is 4.42. The summed E-state index contributed by atoms with van der Waals surface area (Å²) >= 11 is 6.12. The number of hydrogen-bond donors (Lipinski definition) is 2. The highest BCUT2D eigenvalue weighted by molar-refractivity contribution is 6.32. The molecule has 1 aromatic rings. The summed E-state index contributed by atoms with van der Waals surface area (Å²) in [7, 11) is 0. The standard InChI is InChI=1S/C15H19ClN2O4/c1-8(2)13-10(5-17-18-13)15(19)20-6-9-3-11(16)14-12(4-9)21-7-22-14/h3-4,8,10,13,17-18H,5-7H2,1-2H3. The van der Waals surface area contributed by atoms with Crippen LogP contribution in [0.3, 0.4) is 0 Å². The molecule has 0 saturated carbocycles. The second-order valence-corrected chi connectivity index (χ2v) is 6.23. The van der Waals surface area contributed by atoms with Gasteiger partial charge in [-0.2, -0.15) is 0 Å². The molecule has 3 rings (SSSR count). The fraction of sp³-hybridized carbons (Fsp3) is 0.533. The Morgan fingerprint density at radius 2 is 2.27 bits per heavy atom. The third kappa shape index (κ3) is 2.99. The molecule has 2 heterocycles. The van der Waals surface area contributed by atoms with Gasteiger partial charge in [0, 0.05) is 12.6 Å². The summed E-state index contributed by atoms with van der Waals surface area (Å²) in [6.07, 6.45) is 0. The molecule has 2 unspecified atom stereocenters. The van der Waals surface area contributed by atoms with E-state index in [0.717, 1.165) is 5.56 Å². The van der Waals surface area contributed by atoms with E-state index in [1.807, 2.05) is 0 Å². The summed E-state index contributed by atoms with van der Waals surface area (Å²) in [6.45, 7) is 5.04. The Labute approximate surface area is 134 Å². The normalized spacial score (nSPS) is 23.1. The summed E-state index contributed by atoms with van der Waals surface area (Å²) in [5.41, 5.74) is 6.92. The molecule has 2 atom stereocenters. The van der Waals surface area contributed by atoms with Gasteiger partial charge in [0.05, 0.1) is 10.9 Å². The zero-order valence-electron chi connectivity index (χ0n) is 12.5. The summed E-state index contributed by atoms with van der Waals surface area (Å²) < 4.78 is 16.0. The molecule has 6 nitrogen and oxygen atoms in total. The van der Waals surface area contributed by atoms with Crippen LogP contribution in [0.4, 0.5) is 0 Å². The number of hydrogen-bond acceptors (Lipinski definition) is 6. The minimum atomic E-state index is -0.218. The van der Waals surface area contributed by atoms with Gasteiger partial charge in [-0.1, -0.05) is 25.4 Å². The number of carbonyl (C=O) groups excluding carboxylic acids is 1. The lowest BCUT2D eigenvalue weighted by Gasteiger charge is -2.20. The van der Waals surface area contributed by atoms with Crippen LogP contribution in [0.15, 0.2) is 12.1 Å². The van der Waals surface area contributed by atoms with Crippen molar-refractivity contribution in [1.82, 2.24) is 10.9 Å². The van der Waals surface area contributed by atoms with Crippen LogP contribution in [-0.2, 0) is 16.1 Å². The Hall–Kier alpha value is -1.50. The lowest BCUT2D eigenvalue weighted by molar-refractivity contribution is -0.150. The van der Waals surface area contributed by atoms with Crippen LogP contribution >= 0.6 is 11.6 Å². The van der Waals surface area contributed by atoms with Crippen molar-refractivity contribution >= 4 is 17.6 Å². The van der Waals surface area contributed by atoms with E-state index in [2.05, 4.69) is 24.7 Å². The number of rotatable bonds is 4. The van der Waals surface area contributed by atoms with Crippen LogP contribution in [0, 0.1) is 11.8 Å². The molecular weight excluding hydrogens is 308 g/mol. The first-order valence-corrected chi connectivity index (χ1v) is 7.67. The number of fused-ring (bicyclic) bond motifs is 1. The van der Waals surface area contributed by atoms with Crippen LogP contribution in [0.2, 0.25) is 5.02 Å². The average Bonchev–Trinajstić information content (AvgIpc) is 3.13. The molecule has 2 N–H and O–H groups in total. The van der Waals surface area contributed by atoms with Crippen molar-refractivity contribution in [3.8, 4) is 11.5 Å². The number of ether oxygens (including phenoxy) is 3. The summed E-state index contributed by atoms with van der Waals surface area (Å²) in [5, 5.41) is 0.463. The van der Waals surface area contributed by atoms with E-state index >= 15 is 0 Å². The Bertz CT molecular complexity index is 579. The SMILES string of the molecule is CC(C)C1NNCC1C(=O)OCc1cc(Cl)c2c(c1)OCO2. The van der Waals surface area contributed by atoms with Crippen molar-refractivity contribution < 1.29 is 19.0 Å². The van der Waals surface area contributed by atoms with E-state index in [4.69, 9.17) is 25.8 Å². The maximum atomic E-state index is 12.3. The van der Waals surface area contributed by atoms with Gasteiger partial charge in [-0.3, -0.25) is 15.6 Å². The predicted octanol–water partition coefficient (Wildman–Crippen LogP) is 1.86. The molecule has 0 spiro atoms. The van der Waals surface area contributed by atoms with E-state index in [9.17, 15) is 4.79 Å². The first-order chi connectivity index (χ1) is 10.6. The minimum absolute atomic E-state index is 0.0767. The molecule has 2 aliphatic heterocycles. The summed E-state index contributed by atoms with van der Waals surface area (Å²) in [4.78, 5) is 12.3. The van der Waals surface area contributed by atoms with Crippen molar-refractivity contribution in [2.24, 2.45) is 11.8 Å². The number of halogens is 1. The maximum absolute atomic E-state index is 12.3. The zero-order valence-corrected chi connectivity index (χ0v) is 13.3. The number of esters is 1. The van der Waals surface area contributed by atoms with Crippen molar-refractivity contribution in [2.75, 3.05) is 13.3 Å². The summed E-state index contributed by atoms with van der Waals surface area (Å²) in [6, 6.07) is 3.59. The van der Waals surface area contributed by atoms with Gasteiger partial charge in [-0.25, -0.2) is 0 Å². The van der Waals surface area contributed by atoms with Gasteiger partial charge in [-0.15, -0.1) is 0 Å². The number of hydrazine groups is 1. The third-order valence-corrected chi connectivity index (χ3v) is 4.19. The van der Waals surface area contributed by atoms with Gasteiger partial charge in [-0.05, 0) is 23.6 Å². The largest absolute Gasteiger partial charge is 0.461 e. The quantitative estimate of drug-likeness (QED) is 0.823. The van der Waals surface area contributed by atoms with Gasteiger partial charge >= 0.3 is 5.97 Å². The van der Waals surface area contributed by atoms with Gasteiger partial charge in [0.15, 0.2) is 11.5 Å². The Morgan fingerprint density at radius 1 is 1.45 bits per heavy atom. The van der Waals surface area contributed by atoms with Gasteiger partial charge < -0.3 is 14.2 Å². The molecule has 22 heavy (non-hydrogen) atoms. The maximum Gasteiger partial charge on any atom is 0.312 e. The third-order valence-electron chi connectivity index (χ3n) is 3.91. The molecular formula is C15H19ClN2O4. The second-order valence-electron chi connectivity index (χ2n) is 5.82. The van der Waals surface area contributed by atoms with Crippen LogP contribution < -0.4 is 20.3 Å². The topological polar surface area (TPSA) is 68.8 Å². The van der Waals surface area contributed by atoms with Crippen molar-refractivity contribution in [3.05, 3.63) is 22.7 Å². The molecule has 1 saturated heterocycles. The van der Waals surface area contributed by atoms with E-state index in [1.165, 1.54) is 0 Å². The number of nitrogens with one attached hydrogen (secondary N) is 2. The Morgan fingerprint density at radius 3 is 3.05 bits per heavy atom. The van der Waals surface area contributed by atoms with Crippen molar-refractivity contribution in [1.29, 1.82) is 0 Å². The van der Waals surface area contributed by atoms with E-state index < -0.39 is 0 Å². The first kappa shape index (κ1) is 15.4. The lowest BCUT2D eigenvalue weighted by Crippen LogP contribution is -2.38. The van der Waals surface area contributed by atoms with Crippen molar-refractivity contribution in [2.45, 2.75) is 26.5 Å². The first-order valence-electron chi connectivity index (χ1n) is 7.29. The number of benzene rings is 1. The summed E-state index contributed by atoms with van der Waals surface area (Å²) in [5.74, 6) is 1.06. The molecule has 1 fully saturated rings. The monoisotopic (exact) mass is 326 g/mol. The molecule has 2 aliphatic rings. The predicted molar refractivity (Wildman–Crippen MR) is 80.6 cm³/mol. The highest BCUT2D eigenvalue weighted by atomic mass is 35.5. The second kappa shape index (κ2) is 6.32. The van der Waals surface area contributed by atoms with E-state index in [-0.39, 0.29) is 31.3 Å². The number of carbonyl (C=O) groups is 1. The molecule has 0 radical (unpaired) electrons. The van der Waals surface area contributed by atoms with Crippen LogP contribution in [0.5, 0.6) is 11.5 Å². The van der Waals surface area contributed by atoms with Gasteiger partial charge in [0.2, 0.25) is 6.79 Å². The zero-order chi connectivity index (χ0) is 15.7. The minimum Gasteiger partial charge on any atom is -0.461 e. The Balaban J connectivity index is 1.63. The molecule has 0 aromatic heterocycles. The van der Waals surface area contributed by atoms with E-state index in [1.54, 1.807) is 12.1 Å². The van der Waals surface area contributed by atoms with Gasteiger partial charge in [0.1, 0.15) is 6.61 Å². The lowest BCUT2D eigenvalue weighted by atomic mass is 9.92. The highest BCUT2D eigenvalue weighted by Gasteiger charge is 2.35. The van der Waals surface area contributed by atoms with Crippen molar-refractivity contribution in [3.63, 3.8) is 0 Å². The molecule has 1 aromatic carbocycles. The fourth-order valence-electron chi connectivity index (χ4n) is 2.74.